The van der Waals surface area contributed by atoms with Crippen LogP contribution in [0.15, 0.2) is 61.9 Å². The number of thiazole rings is 1. The van der Waals surface area contributed by atoms with E-state index in [9.17, 15) is 14.4 Å². The molecule has 2 aliphatic heterocycles. The second-order valence-electron chi connectivity index (χ2n) is 8.25. The van der Waals surface area contributed by atoms with E-state index < -0.39 is 17.6 Å². The molecule has 37 heavy (non-hydrogen) atoms. The van der Waals surface area contributed by atoms with Gasteiger partial charge in [0.1, 0.15) is 22.1 Å². The van der Waals surface area contributed by atoms with Gasteiger partial charge in [-0.05, 0) is 44.2 Å². The van der Waals surface area contributed by atoms with Crippen molar-refractivity contribution in [1.82, 2.24) is 4.57 Å². The van der Waals surface area contributed by atoms with E-state index in [1.165, 1.54) is 18.8 Å². The van der Waals surface area contributed by atoms with Gasteiger partial charge in [-0.3, -0.25) is 14.2 Å². The van der Waals surface area contributed by atoms with Gasteiger partial charge in [0.05, 0.1) is 37.7 Å². The largest absolute Gasteiger partial charge is 0.497 e. The van der Waals surface area contributed by atoms with Crippen LogP contribution in [0.4, 0.5) is 5.69 Å². The Morgan fingerprint density at radius 1 is 1.16 bits per heavy atom. The smallest absolute Gasteiger partial charge is 0.338 e. The highest BCUT2D eigenvalue weighted by Gasteiger charge is 2.36. The highest BCUT2D eigenvalue weighted by Crippen LogP contribution is 2.38. The molecular weight excluding hydrogens is 562 g/mol. The lowest BCUT2D eigenvalue weighted by molar-refractivity contribution is -0.139. The zero-order valence-electron chi connectivity index (χ0n) is 20.4. The summed E-state index contributed by atoms with van der Waals surface area (Å²) >= 11 is 4.54. The second kappa shape index (κ2) is 9.64. The number of hydrogen-bond acceptors (Lipinski definition) is 8. The first-order valence-corrected chi connectivity index (χ1v) is 12.9. The van der Waals surface area contributed by atoms with Crippen molar-refractivity contribution in [2.45, 2.75) is 19.9 Å². The van der Waals surface area contributed by atoms with Gasteiger partial charge in [-0.2, -0.15) is 0 Å². The summed E-state index contributed by atoms with van der Waals surface area (Å²) < 4.78 is 18.7. The molecule has 0 saturated carbocycles. The summed E-state index contributed by atoms with van der Waals surface area (Å²) in [4.78, 5) is 45.1. The van der Waals surface area contributed by atoms with Crippen molar-refractivity contribution >= 4 is 50.4 Å². The first kappa shape index (κ1) is 25.0. The number of rotatable bonds is 5. The average molecular weight is 584 g/mol. The van der Waals surface area contributed by atoms with Gasteiger partial charge in [-0.25, -0.2) is 9.79 Å². The van der Waals surface area contributed by atoms with Crippen LogP contribution in [0.5, 0.6) is 11.5 Å². The number of nitrogens with zero attached hydrogens (tertiary/aromatic N) is 2. The van der Waals surface area contributed by atoms with E-state index in [0.717, 1.165) is 15.8 Å². The number of ether oxygens (including phenoxy) is 3. The molecule has 1 aromatic heterocycles. The number of methoxy groups -OCH3 is 2. The van der Waals surface area contributed by atoms with Crippen LogP contribution in [-0.4, -0.2) is 37.3 Å². The predicted molar refractivity (Wildman–Crippen MR) is 142 cm³/mol. The quantitative estimate of drug-likeness (QED) is 0.463. The molecule has 1 amide bonds. The summed E-state index contributed by atoms with van der Waals surface area (Å²) in [6.45, 7) is 3.56. The molecule has 0 spiro atoms. The van der Waals surface area contributed by atoms with Crippen LogP contribution >= 0.6 is 27.3 Å². The monoisotopic (exact) mass is 583 g/mol. The van der Waals surface area contributed by atoms with Gasteiger partial charge in [0.2, 0.25) is 0 Å². The number of carbonyl (C=O) groups is 2. The lowest BCUT2D eigenvalue weighted by atomic mass is 9.95. The maximum Gasteiger partial charge on any atom is 0.338 e. The summed E-state index contributed by atoms with van der Waals surface area (Å²) in [7, 11) is 3.04. The Hall–Kier alpha value is -3.70. The molecule has 0 saturated heterocycles. The Bertz CT molecular complexity index is 1690. The zero-order chi connectivity index (χ0) is 26.4. The van der Waals surface area contributed by atoms with E-state index in [1.54, 1.807) is 44.2 Å². The highest BCUT2D eigenvalue weighted by atomic mass is 79.9. The fourth-order valence-corrected chi connectivity index (χ4v) is 6.05. The van der Waals surface area contributed by atoms with Gasteiger partial charge >= 0.3 is 5.97 Å². The van der Waals surface area contributed by atoms with Crippen LogP contribution in [-0.2, 0) is 14.3 Å². The summed E-state index contributed by atoms with van der Waals surface area (Å²) in [5.74, 6) is 0.0150. The zero-order valence-corrected chi connectivity index (χ0v) is 22.8. The molecule has 1 N–H and O–H groups in total. The number of carbonyl (C=O) groups excluding carboxylic acids is 2. The number of allylic oxidation sites excluding steroid dienone is 1. The number of esters is 1. The maximum absolute atomic E-state index is 14.0. The molecule has 9 nitrogen and oxygen atoms in total. The Morgan fingerprint density at radius 3 is 2.65 bits per heavy atom. The average Bonchev–Trinajstić information content (AvgIpc) is 3.37. The van der Waals surface area contributed by atoms with Crippen LogP contribution < -0.4 is 29.7 Å². The standard InChI is InChI=1S/C26H22BrN3O6S/c1-5-36-25(33)19-12(2)28-26-30(21(19)15-8-7-14(34-3)11-18(15)35-4)24(32)22(37-26)20-16-10-13(27)6-9-17(16)29-23(20)31/h6-11,21H,5H2,1-4H3,(H,29,31)/b22-20-/t21-/m1/s1. The van der Waals surface area contributed by atoms with Crippen LogP contribution in [0.25, 0.3) is 5.57 Å². The molecule has 3 aromatic rings. The number of aromatic nitrogens is 1. The van der Waals surface area contributed by atoms with E-state index in [-0.39, 0.29) is 28.2 Å². The number of halogens is 1. The molecule has 0 fully saturated rings. The second-order valence-corrected chi connectivity index (χ2v) is 10.1. The molecule has 5 rings (SSSR count). The number of nitrogens with one attached hydrogen (secondary N) is 1. The van der Waals surface area contributed by atoms with Gasteiger partial charge in [-0.15, -0.1) is 0 Å². The van der Waals surface area contributed by atoms with Crippen molar-refractivity contribution in [3.8, 4) is 11.5 Å². The maximum atomic E-state index is 14.0. The topological polar surface area (TPSA) is 108 Å². The third-order valence-corrected chi connectivity index (χ3v) is 7.73. The molecule has 2 aromatic carbocycles. The molecule has 0 bridgehead atoms. The summed E-state index contributed by atoms with van der Waals surface area (Å²) in [5.41, 5.74) is 2.23. The van der Waals surface area contributed by atoms with Crippen molar-refractivity contribution in [2.24, 2.45) is 4.99 Å². The fraction of sp³-hybridized carbons (Fsp3) is 0.231. The highest BCUT2D eigenvalue weighted by molar-refractivity contribution is 9.10. The minimum absolute atomic E-state index is 0.155. The molecule has 0 radical (unpaired) electrons. The van der Waals surface area contributed by atoms with E-state index in [0.29, 0.717) is 38.8 Å². The van der Waals surface area contributed by atoms with Gasteiger partial charge < -0.3 is 19.5 Å². The first-order chi connectivity index (χ1) is 17.8. The normalized spacial score (nSPS) is 17.5. The number of fused-ring (bicyclic) bond motifs is 2. The minimum Gasteiger partial charge on any atom is -0.497 e. The van der Waals surface area contributed by atoms with Crippen molar-refractivity contribution in [3.05, 3.63) is 83.0 Å². The fourth-order valence-electron chi connectivity index (χ4n) is 4.55. The molecule has 1 atom stereocenters. The van der Waals surface area contributed by atoms with Gasteiger partial charge in [-0.1, -0.05) is 27.3 Å². The lowest BCUT2D eigenvalue weighted by Crippen LogP contribution is -2.40. The Morgan fingerprint density at radius 2 is 1.95 bits per heavy atom. The molecule has 2 aliphatic rings. The number of amides is 1. The molecule has 190 valence electrons. The van der Waals surface area contributed by atoms with Gasteiger partial charge in [0, 0.05) is 27.4 Å². The molecule has 11 heteroatoms. The first-order valence-electron chi connectivity index (χ1n) is 11.3. The van der Waals surface area contributed by atoms with E-state index in [4.69, 9.17) is 14.2 Å². The van der Waals surface area contributed by atoms with Crippen molar-refractivity contribution in [3.63, 3.8) is 0 Å². The summed E-state index contributed by atoms with van der Waals surface area (Å²) in [6, 6.07) is 9.65. The number of benzene rings is 2. The Labute approximate surface area is 223 Å². The third kappa shape index (κ3) is 4.08. The number of hydrogen-bond donors (Lipinski definition) is 1. The molecule has 0 aliphatic carbocycles. The minimum atomic E-state index is -0.892. The van der Waals surface area contributed by atoms with Crippen molar-refractivity contribution < 1.29 is 23.8 Å². The van der Waals surface area contributed by atoms with E-state index in [2.05, 4.69) is 26.2 Å². The van der Waals surface area contributed by atoms with Crippen LogP contribution in [0.3, 0.4) is 0 Å². The predicted octanol–water partition coefficient (Wildman–Crippen LogP) is 2.90. The van der Waals surface area contributed by atoms with Gasteiger partial charge in [0.25, 0.3) is 11.5 Å². The molecular formula is C26H22BrN3O6S. The molecule has 3 heterocycles. The van der Waals surface area contributed by atoms with Crippen LogP contribution in [0.1, 0.15) is 31.0 Å². The van der Waals surface area contributed by atoms with Gasteiger partial charge in [0.15, 0.2) is 4.80 Å². The third-order valence-electron chi connectivity index (χ3n) is 6.18. The number of anilines is 1. The van der Waals surface area contributed by atoms with Crippen LogP contribution in [0.2, 0.25) is 0 Å². The summed E-state index contributed by atoms with van der Waals surface area (Å²) in [5, 5.41) is 2.82. The van der Waals surface area contributed by atoms with Crippen molar-refractivity contribution in [1.29, 1.82) is 0 Å². The lowest BCUT2D eigenvalue weighted by Gasteiger charge is -2.26. The SMILES string of the molecule is CCOC(=O)C1=C(C)N=c2s/c(=C3\C(=O)Nc4ccc(Br)cc43)c(=O)n2[C@@H]1c1ccc(OC)cc1OC. The Kier molecular flexibility index (Phi) is 6.50. The van der Waals surface area contributed by atoms with Crippen molar-refractivity contribution in [2.75, 3.05) is 26.1 Å². The Balaban J connectivity index is 1.84. The van der Waals surface area contributed by atoms with E-state index >= 15 is 0 Å². The molecule has 0 unspecified atom stereocenters. The summed E-state index contributed by atoms with van der Waals surface area (Å²) in [6.07, 6.45) is 0. The van der Waals surface area contributed by atoms with Crippen LogP contribution in [0, 0.1) is 0 Å². The van der Waals surface area contributed by atoms with E-state index in [1.807, 2.05) is 6.07 Å².